The van der Waals surface area contributed by atoms with Gasteiger partial charge in [0.1, 0.15) is 5.75 Å². The van der Waals surface area contributed by atoms with Gasteiger partial charge in [-0.2, -0.15) is 10.2 Å². The quantitative estimate of drug-likeness (QED) is 0.403. The molecular weight excluding hydrogens is 438 g/mol. The second-order valence-corrected chi connectivity index (χ2v) is 8.50. The number of nitrogens with one attached hydrogen (secondary N) is 1. The van der Waals surface area contributed by atoms with Crippen LogP contribution in [0.4, 0.5) is 5.69 Å². The number of carbonyl (C=O) groups excluding carboxylic acids is 1. The highest BCUT2D eigenvalue weighted by molar-refractivity contribution is 6.30. The molecule has 7 nitrogen and oxygen atoms in total. The molecule has 33 heavy (non-hydrogen) atoms. The maximum Gasteiger partial charge on any atom is 0.276 e. The van der Waals surface area contributed by atoms with Gasteiger partial charge in [0.05, 0.1) is 23.6 Å². The summed E-state index contributed by atoms with van der Waals surface area (Å²) in [6.07, 6.45) is 1.73. The largest absolute Gasteiger partial charge is 0.471 e. The third-order valence-electron chi connectivity index (χ3n) is 5.43. The van der Waals surface area contributed by atoms with E-state index < -0.39 is 0 Å². The van der Waals surface area contributed by atoms with E-state index in [9.17, 15) is 4.79 Å². The molecule has 0 fully saturated rings. The highest BCUT2D eigenvalue weighted by Gasteiger charge is 2.17. The molecule has 0 bridgehead atoms. The van der Waals surface area contributed by atoms with Gasteiger partial charge in [-0.15, -0.1) is 0 Å². The van der Waals surface area contributed by atoms with E-state index in [1.165, 1.54) is 0 Å². The maximum absolute atomic E-state index is 12.8. The molecule has 0 aliphatic carbocycles. The molecule has 0 aliphatic rings. The van der Waals surface area contributed by atoms with Crippen molar-refractivity contribution >= 4 is 23.2 Å². The lowest BCUT2D eigenvalue weighted by molar-refractivity contribution is 0.102. The summed E-state index contributed by atoms with van der Waals surface area (Å²) in [4.78, 5) is 12.8. The molecule has 1 N–H and O–H groups in total. The maximum atomic E-state index is 12.8. The van der Waals surface area contributed by atoms with Crippen molar-refractivity contribution in [3.8, 4) is 5.75 Å². The number of ether oxygens (including phenoxy) is 1. The molecule has 0 saturated heterocycles. The van der Waals surface area contributed by atoms with Crippen LogP contribution in [0.15, 0.2) is 54.7 Å². The number of hydrogen-bond donors (Lipinski definition) is 1. The Morgan fingerprint density at radius 1 is 1.03 bits per heavy atom. The van der Waals surface area contributed by atoms with Crippen molar-refractivity contribution in [2.45, 2.75) is 41.0 Å². The Morgan fingerprint density at radius 2 is 1.79 bits per heavy atom. The lowest BCUT2D eigenvalue weighted by atomic mass is 10.1. The third kappa shape index (κ3) is 5.26. The van der Waals surface area contributed by atoms with E-state index in [0.717, 1.165) is 33.8 Å². The van der Waals surface area contributed by atoms with E-state index in [1.807, 2.05) is 74.8 Å². The van der Waals surface area contributed by atoms with Gasteiger partial charge in [-0.05, 0) is 68.7 Å². The van der Waals surface area contributed by atoms with Crippen LogP contribution in [0, 0.1) is 27.7 Å². The van der Waals surface area contributed by atoms with Crippen LogP contribution in [0.5, 0.6) is 5.75 Å². The number of carbonyl (C=O) groups is 1. The van der Waals surface area contributed by atoms with E-state index in [0.29, 0.717) is 22.9 Å². The number of amides is 1. The van der Waals surface area contributed by atoms with E-state index in [2.05, 4.69) is 15.5 Å². The molecule has 0 spiro atoms. The lowest BCUT2D eigenvalue weighted by Crippen LogP contribution is -2.15. The van der Waals surface area contributed by atoms with Crippen LogP contribution in [0.1, 0.15) is 38.6 Å². The fourth-order valence-electron chi connectivity index (χ4n) is 3.53. The molecular formula is C25H26ClN5O2. The standard InChI is InChI=1S/C25H26ClN5O2/c1-16-5-6-17(2)23(13-16)33-15-30-12-11-22(29-30)25(32)27-24-18(3)28-31(19(24)4)14-20-7-9-21(26)10-8-20/h5-13H,14-15H2,1-4H3,(H,27,32). The predicted octanol–water partition coefficient (Wildman–Crippen LogP) is 5.30. The Labute approximate surface area is 197 Å². The van der Waals surface area contributed by atoms with Crippen molar-refractivity contribution < 1.29 is 9.53 Å². The van der Waals surface area contributed by atoms with E-state index in [-0.39, 0.29) is 12.6 Å². The molecule has 2 aromatic carbocycles. The molecule has 4 aromatic rings. The molecule has 4 rings (SSSR count). The smallest absolute Gasteiger partial charge is 0.276 e. The first-order valence-electron chi connectivity index (χ1n) is 10.6. The molecule has 0 aliphatic heterocycles. The Balaban J connectivity index is 1.42. The fourth-order valence-corrected chi connectivity index (χ4v) is 3.65. The summed E-state index contributed by atoms with van der Waals surface area (Å²) in [5, 5.41) is 12.6. The van der Waals surface area contributed by atoms with Crippen molar-refractivity contribution in [3.63, 3.8) is 0 Å². The van der Waals surface area contributed by atoms with Crippen LogP contribution in [-0.4, -0.2) is 25.5 Å². The van der Waals surface area contributed by atoms with Gasteiger partial charge < -0.3 is 10.1 Å². The zero-order chi connectivity index (χ0) is 23.5. The van der Waals surface area contributed by atoms with Gasteiger partial charge in [0, 0.05) is 11.2 Å². The van der Waals surface area contributed by atoms with Crippen LogP contribution in [0.25, 0.3) is 0 Å². The Bertz CT molecular complexity index is 1290. The monoisotopic (exact) mass is 463 g/mol. The van der Waals surface area contributed by atoms with Crippen molar-refractivity contribution in [1.29, 1.82) is 0 Å². The summed E-state index contributed by atoms with van der Waals surface area (Å²) in [7, 11) is 0. The zero-order valence-electron chi connectivity index (χ0n) is 19.1. The van der Waals surface area contributed by atoms with Crippen molar-refractivity contribution in [3.05, 3.63) is 93.5 Å². The molecule has 1 amide bonds. The van der Waals surface area contributed by atoms with Crippen LogP contribution in [-0.2, 0) is 13.3 Å². The molecule has 0 atom stereocenters. The number of aromatic nitrogens is 4. The Kier molecular flexibility index (Phi) is 6.51. The van der Waals surface area contributed by atoms with Gasteiger partial charge in [-0.1, -0.05) is 35.9 Å². The average molecular weight is 464 g/mol. The fraction of sp³-hybridized carbons (Fsp3) is 0.240. The minimum Gasteiger partial charge on any atom is -0.471 e. The summed E-state index contributed by atoms with van der Waals surface area (Å²) in [5.74, 6) is 0.508. The lowest BCUT2D eigenvalue weighted by Gasteiger charge is -2.10. The van der Waals surface area contributed by atoms with Gasteiger partial charge in [0.2, 0.25) is 0 Å². The molecule has 170 valence electrons. The molecule has 2 heterocycles. The van der Waals surface area contributed by atoms with Crippen LogP contribution < -0.4 is 10.1 Å². The number of aryl methyl sites for hydroxylation is 3. The predicted molar refractivity (Wildman–Crippen MR) is 129 cm³/mol. The summed E-state index contributed by atoms with van der Waals surface area (Å²) >= 11 is 5.97. The summed E-state index contributed by atoms with van der Waals surface area (Å²) in [5.41, 5.74) is 5.86. The second kappa shape index (κ2) is 9.50. The number of benzene rings is 2. The Morgan fingerprint density at radius 3 is 2.55 bits per heavy atom. The minimum absolute atomic E-state index is 0.217. The molecule has 0 unspecified atom stereocenters. The normalized spacial score (nSPS) is 10.9. The number of rotatable bonds is 7. The first-order valence-corrected chi connectivity index (χ1v) is 11.0. The Hall–Kier alpha value is -3.58. The second-order valence-electron chi connectivity index (χ2n) is 8.07. The van der Waals surface area contributed by atoms with Crippen LogP contribution >= 0.6 is 11.6 Å². The SMILES string of the molecule is Cc1ccc(C)c(OCn2ccc(C(=O)Nc3c(C)nn(Cc4ccc(Cl)cc4)c3C)n2)c1. The number of hydrogen-bond acceptors (Lipinski definition) is 4. The summed E-state index contributed by atoms with van der Waals surface area (Å²) < 4.78 is 9.33. The first-order chi connectivity index (χ1) is 15.8. The number of nitrogens with zero attached hydrogens (tertiary/aromatic N) is 4. The zero-order valence-corrected chi connectivity index (χ0v) is 19.8. The van der Waals surface area contributed by atoms with Gasteiger partial charge in [0.25, 0.3) is 5.91 Å². The molecule has 2 aromatic heterocycles. The number of anilines is 1. The minimum atomic E-state index is -0.294. The van der Waals surface area contributed by atoms with E-state index in [1.54, 1.807) is 16.9 Å². The first kappa shape index (κ1) is 22.6. The van der Waals surface area contributed by atoms with Gasteiger partial charge >= 0.3 is 0 Å². The highest BCUT2D eigenvalue weighted by atomic mass is 35.5. The summed E-state index contributed by atoms with van der Waals surface area (Å²) in [6.45, 7) is 8.62. The van der Waals surface area contributed by atoms with Gasteiger partial charge in [-0.25, -0.2) is 4.68 Å². The topological polar surface area (TPSA) is 74.0 Å². The van der Waals surface area contributed by atoms with Crippen LogP contribution in [0.2, 0.25) is 5.02 Å². The number of halogens is 1. The molecule has 0 saturated carbocycles. The van der Waals surface area contributed by atoms with Crippen molar-refractivity contribution in [2.75, 3.05) is 5.32 Å². The van der Waals surface area contributed by atoms with E-state index >= 15 is 0 Å². The van der Waals surface area contributed by atoms with Gasteiger partial charge in [-0.3, -0.25) is 9.48 Å². The molecule has 8 heteroatoms. The van der Waals surface area contributed by atoms with E-state index in [4.69, 9.17) is 16.3 Å². The molecule has 0 radical (unpaired) electrons. The third-order valence-corrected chi connectivity index (χ3v) is 5.69. The average Bonchev–Trinajstić information content (AvgIpc) is 3.36. The van der Waals surface area contributed by atoms with Crippen molar-refractivity contribution in [1.82, 2.24) is 19.6 Å². The van der Waals surface area contributed by atoms with Crippen molar-refractivity contribution in [2.24, 2.45) is 0 Å². The summed E-state index contributed by atoms with van der Waals surface area (Å²) in [6, 6.07) is 15.3. The van der Waals surface area contributed by atoms with Crippen LogP contribution in [0.3, 0.4) is 0 Å². The van der Waals surface area contributed by atoms with Gasteiger partial charge in [0.15, 0.2) is 12.4 Å². The highest BCUT2D eigenvalue weighted by Crippen LogP contribution is 2.22.